The summed E-state index contributed by atoms with van der Waals surface area (Å²) in [7, 11) is 0. The van der Waals surface area contributed by atoms with Crippen molar-refractivity contribution in [2.75, 3.05) is 6.61 Å². The van der Waals surface area contributed by atoms with Crippen LogP contribution in [0.2, 0.25) is 0 Å². The Morgan fingerprint density at radius 3 is 2.08 bits per heavy atom. The molecule has 1 amide bonds. The minimum Gasteiger partial charge on any atom is -0.490 e. The number of amides is 1. The van der Waals surface area contributed by atoms with Gasteiger partial charge in [0, 0.05) is 6.42 Å². The van der Waals surface area contributed by atoms with Gasteiger partial charge < -0.3 is 9.47 Å². The van der Waals surface area contributed by atoms with Gasteiger partial charge in [-0.05, 0) is 49.2 Å². The Hall–Kier alpha value is -3.15. The first-order valence-electron chi connectivity index (χ1n) is 13.5. The third-order valence-electron chi connectivity index (χ3n) is 5.89. The third-order valence-corrected chi connectivity index (χ3v) is 5.89. The molecule has 196 valence electrons. The Morgan fingerprint density at radius 2 is 1.44 bits per heavy atom. The van der Waals surface area contributed by atoms with Crippen LogP contribution in [0.5, 0.6) is 11.5 Å². The first-order chi connectivity index (χ1) is 17.6. The molecule has 0 atom stereocenters. The van der Waals surface area contributed by atoms with Crippen molar-refractivity contribution in [1.29, 1.82) is 0 Å². The van der Waals surface area contributed by atoms with E-state index in [1.807, 2.05) is 13.0 Å². The predicted octanol–water partition coefficient (Wildman–Crippen LogP) is 7.46. The van der Waals surface area contributed by atoms with Crippen molar-refractivity contribution in [1.82, 2.24) is 5.43 Å². The zero-order valence-electron chi connectivity index (χ0n) is 22.0. The van der Waals surface area contributed by atoms with Gasteiger partial charge in [0.25, 0.3) is 0 Å². The van der Waals surface area contributed by atoms with Gasteiger partial charge in [0.2, 0.25) is 5.91 Å². The Kier molecular flexibility index (Phi) is 14.7. The van der Waals surface area contributed by atoms with Crippen molar-refractivity contribution < 1.29 is 19.1 Å². The molecule has 1 N–H and O–H groups in total. The van der Waals surface area contributed by atoms with Crippen molar-refractivity contribution in [3.05, 3.63) is 59.7 Å². The van der Waals surface area contributed by atoms with Crippen LogP contribution < -0.4 is 14.9 Å². The third kappa shape index (κ3) is 12.0. The van der Waals surface area contributed by atoms with Gasteiger partial charge >= 0.3 is 5.97 Å². The van der Waals surface area contributed by atoms with E-state index in [0.29, 0.717) is 30.1 Å². The number of unbranched alkanes of at least 4 members (excludes halogenated alkanes) is 10. The number of carbonyl (C=O) groups is 2. The molecule has 6 nitrogen and oxygen atoms in total. The summed E-state index contributed by atoms with van der Waals surface area (Å²) in [5.74, 6) is 0.245. The summed E-state index contributed by atoms with van der Waals surface area (Å²) >= 11 is 0. The fraction of sp³-hybridized carbons (Fsp3) is 0.500. The first-order valence-corrected chi connectivity index (χ1v) is 13.5. The van der Waals surface area contributed by atoms with Crippen LogP contribution in [0.15, 0.2) is 53.6 Å². The van der Waals surface area contributed by atoms with Crippen LogP contribution in [0.1, 0.15) is 107 Å². The first kappa shape index (κ1) is 29.1. The second-order valence-electron chi connectivity index (χ2n) is 8.97. The van der Waals surface area contributed by atoms with E-state index in [1.54, 1.807) is 48.7 Å². The summed E-state index contributed by atoms with van der Waals surface area (Å²) in [5.41, 5.74) is 3.78. The Bertz CT molecular complexity index is 928. The SMILES string of the molecule is CCCCCCCCCCCCCC(=O)N/N=C/c1ccc(OC(=O)c2ccccc2)c(OCC)c1. The number of hydrogen-bond acceptors (Lipinski definition) is 5. The lowest BCUT2D eigenvalue weighted by Crippen LogP contribution is -2.16. The molecule has 0 saturated heterocycles. The molecule has 36 heavy (non-hydrogen) atoms. The number of nitrogens with one attached hydrogen (secondary N) is 1. The molecule has 0 radical (unpaired) electrons. The number of rotatable bonds is 18. The van der Waals surface area contributed by atoms with Gasteiger partial charge in [0.15, 0.2) is 11.5 Å². The van der Waals surface area contributed by atoms with E-state index in [4.69, 9.17) is 9.47 Å². The quantitative estimate of drug-likeness (QED) is 0.0767. The second kappa shape index (κ2) is 18.2. The summed E-state index contributed by atoms with van der Waals surface area (Å²) in [6, 6.07) is 14.0. The van der Waals surface area contributed by atoms with Gasteiger partial charge in [-0.15, -0.1) is 0 Å². The van der Waals surface area contributed by atoms with Crippen LogP contribution in [-0.2, 0) is 4.79 Å². The minimum absolute atomic E-state index is 0.0828. The highest BCUT2D eigenvalue weighted by Crippen LogP contribution is 2.29. The monoisotopic (exact) mass is 494 g/mol. The highest BCUT2D eigenvalue weighted by atomic mass is 16.6. The molecule has 2 aromatic carbocycles. The normalized spacial score (nSPS) is 10.9. The Morgan fingerprint density at radius 1 is 0.806 bits per heavy atom. The van der Waals surface area contributed by atoms with Crippen LogP contribution in [0.25, 0.3) is 0 Å². The molecular weight excluding hydrogens is 452 g/mol. The van der Waals surface area contributed by atoms with Crippen LogP contribution in [0.3, 0.4) is 0 Å². The summed E-state index contributed by atoms with van der Waals surface area (Å²) in [5, 5.41) is 4.06. The van der Waals surface area contributed by atoms with E-state index in [9.17, 15) is 9.59 Å². The number of nitrogens with zero attached hydrogens (tertiary/aromatic N) is 1. The average molecular weight is 495 g/mol. The molecule has 2 rings (SSSR count). The average Bonchev–Trinajstić information content (AvgIpc) is 2.89. The lowest BCUT2D eigenvalue weighted by Gasteiger charge is -2.11. The van der Waals surface area contributed by atoms with Gasteiger partial charge in [-0.3, -0.25) is 4.79 Å². The van der Waals surface area contributed by atoms with Crippen molar-refractivity contribution in [2.24, 2.45) is 5.10 Å². The molecule has 0 aromatic heterocycles. The maximum atomic E-state index is 12.4. The van der Waals surface area contributed by atoms with Gasteiger partial charge in [-0.1, -0.05) is 89.3 Å². The van der Waals surface area contributed by atoms with Gasteiger partial charge in [-0.25, -0.2) is 10.2 Å². The molecular formula is C30H42N2O4. The molecule has 0 saturated carbocycles. The van der Waals surface area contributed by atoms with Crippen LogP contribution in [-0.4, -0.2) is 24.7 Å². The van der Waals surface area contributed by atoms with Crippen molar-refractivity contribution >= 4 is 18.1 Å². The number of esters is 1. The number of carbonyl (C=O) groups excluding carboxylic acids is 2. The number of benzene rings is 2. The molecule has 0 fully saturated rings. The largest absolute Gasteiger partial charge is 0.490 e. The lowest BCUT2D eigenvalue weighted by atomic mass is 10.1. The number of ether oxygens (including phenoxy) is 2. The van der Waals surface area contributed by atoms with E-state index in [0.717, 1.165) is 18.4 Å². The molecule has 0 bridgehead atoms. The summed E-state index contributed by atoms with van der Waals surface area (Å²) < 4.78 is 11.1. The summed E-state index contributed by atoms with van der Waals surface area (Å²) in [6.45, 7) is 4.53. The van der Waals surface area contributed by atoms with Gasteiger partial charge in [0.1, 0.15) is 0 Å². The molecule has 0 aliphatic rings. The van der Waals surface area contributed by atoms with Crippen molar-refractivity contribution in [3.8, 4) is 11.5 Å². The van der Waals surface area contributed by atoms with Crippen LogP contribution in [0, 0.1) is 0 Å². The number of hydrogen-bond donors (Lipinski definition) is 1. The molecule has 0 spiro atoms. The second-order valence-corrected chi connectivity index (χ2v) is 8.97. The highest BCUT2D eigenvalue weighted by Gasteiger charge is 2.13. The predicted molar refractivity (Wildman–Crippen MR) is 146 cm³/mol. The molecule has 0 heterocycles. The fourth-order valence-electron chi connectivity index (χ4n) is 3.88. The Balaban J connectivity index is 1.68. The topological polar surface area (TPSA) is 77.0 Å². The highest BCUT2D eigenvalue weighted by molar-refractivity contribution is 5.91. The zero-order chi connectivity index (χ0) is 25.8. The smallest absolute Gasteiger partial charge is 0.343 e. The lowest BCUT2D eigenvalue weighted by molar-refractivity contribution is -0.121. The minimum atomic E-state index is -0.451. The molecule has 0 unspecified atom stereocenters. The fourth-order valence-corrected chi connectivity index (χ4v) is 3.88. The maximum Gasteiger partial charge on any atom is 0.343 e. The van der Waals surface area contributed by atoms with E-state index in [2.05, 4.69) is 17.5 Å². The van der Waals surface area contributed by atoms with Crippen molar-refractivity contribution in [3.63, 3.8) is 0 Å². The molecule has 6 heteroatoms. The van der Waals surface area contributed by atoms with E-state index in [-0.39, 0.29) is 5.91 Å². The molecule has 0 aliphatic heterocycles. The van der Waals surface area contributed by atoms with Crippen LogP contribution >= 0.6 is 0 Å². The van der Waals surface area contributed by atoms with Crippen molar-refractivity contribution in [2.45, 2.75) is 90.9 Å². The summed E-state index contributed by atoms with van der Waals surface area (Å²) in [6.07, 6.45) is 15.8. The van der Waals surface area contributed by atoms with Crippen LogP contribution in [0.4, 0.5) is 0 Å². The molecule has 0 aliphatic carbocycles. The van der Waals surface area contributed by atoms with Gasteiger partial charge in [0.05, 0.1) is 18.4 Å². The zero-order valence-corrected chi connectivity index (χ0v) is 22.0. The number of hydrazone groups is 1. The summed E-state index contributed by atoms with van der Waals surface area (Å²) in [4.78, 5) is 24.4. The standard InChI is InChI=1S/C30H42N2O4/c1-3-5-6-7-8-9-10-11-12-13-17-20-29(33)32-31-24-25-21-22-27(28(23-25)35-4-2)36-30(34)26-18-15-14-16-19-26/h14-16,18-19,21-24H,3-13,17,20H2,1-2H3,(H,32,33)/b31-24+. The van der Waals surface area contributed by atoms with E-state index < -0.39 is 5.97 Å². The maximum absolute atomic E-state index is 12.4. The van der Waals surface area contributed by atoms with E-state index >= 15 is 0 Å². The van der Waals surface area contributed by atoms with Gasteiger partial charge in [-0.2, -0.15) is 5.10 Å². The Labute approximate surface area is 216 Å². The molecule has 2 aromatic rings. The van der Waals surface area contributed by atoms with E-state index in [1.165, 1.54) is 57.8 Å².